The van der Waals surface area contributed by atoms with E-state index in [9.17, 15) is 14.2 Å². The van der Waals surface area contributed by atoms with Gasteiger partial charge in [-0.3, -0.25) is 9.59 Å². The molecule has 0 fully saturated rings. The SMILES string of the molecule is COc1cccc(Cl)c1C(=O)[PH](=O)c1c(OC)c(C)c(C(=O)c2ccccc2)c(C)c1OC. The van der Waals surface area contributed by atoms with Crippen molar-refractivity contribution in [2.45, 2.75) is 13.8 Å². The molecule has 3 aromatic rings. The molecule has 0 spiro atoms. The molecule has 1 unspecified atom stereocenters. The van der Waals surface area contributed by atoms with Gasteiger partial charge in [-0.05, 0) is 26.0 Å². The van der Waals surface area contributed by atoms with E-state index in [2.05, 4.69) is 0 Å². The summed E-state index contributed by atoms with van der Waals surface area (Å²) < 4.78 is 30.1. The largest absolute Gasteiger partial charge is 0.496 e. The third-order valence-electron chi connectivity index (χ3n) is 5.41. The lowest BCUT2D eigenvalue weighted by atomic mass is 9.93. The number of rotatable bonds is 8. The van der Waals surface area contributed by atoms with E-state index < -0.39 is 13.3 Å². The first-order valence-corrected chi connectivity index (χ1v) is 11.8. The Labute approximate surface area is 198 Å². The predicted molar refractivity (Wildman–Crippen MR) is 130 cm³/mol. The molecule has 6 nitrogen and oxygen atoms in total. The predicted octanol–water partition coefficient (Wildman–Crippen LogP) is 5.24. The summed E-state index contributed by atoms with van der Waals surface area (Å²) in [7, 11) is 0.994. The number of ether oxygens (including phenoxy) is 3. The smallest absolute Gasteiger partial charge is 0.228 e. The molecule has 172 valence electrons. The Hall–Kier alpha value is -3.08. The Morgan fingerprint density at radius 1 is 0.788 bits per heavy atom. The summed E-state index contributed by atoms with van der Waals surface area (Å²) in [5.74, 6) is 0.320. The number of methoxy groups -OCH3 is 3. The number of carbonyl (C=O) groups is 2. The molecule has 0 amide bonds. The number of carbonyl (C=O) groups excluding carboxylic acids is 2. The Kier molecular flexibility index (Phi) is 7.62. The van der Waals surface area contributed by atoms with Crippen molar-refractivity contribution in [3.63, 3.8) is 0 Å². The number of ketones is 1. The highest BCUT2D eigenvalue weighted by Gasteiger charge is 2.33. The van der Waals surface area contributed by atoms with Crippen LogP contribution in [0.3, 0.4) is 0 Å². The van der Waals surface area contributed by atoms with Crippen molar-refractivity contribution >= 4 is 36.0 Å². The molecule has 0 aliphatic heterocycles. The van der Waals surface area contributed by atoms with Crippen LogP contribution in [0.2, 0.25) is 5.02 Å². The molecule has 3 aromatic carbocycles. The number of hydrogen-bond donors (Lipinski definition) is 0. The molecule has 3 rings (SSSR count). The van der Waals surface area contributed by atoms with Gasteiger partial charge in [0.1, 0.15) is 22.6 Å². The van der Waals surface area contributed by atoms with E-state index >= 15 is 0 Å². The fourth-order valence-electron chi connectivity index (χ4n) is 3.90. The van der Waals surface area contributed by atoms with Crippen molar-refractivity contribution in [3.05, 3.63) is 81.4 Å². The van der Waals surface area contributed by atoms with E-state index in [1.165, 1.54) is 27.4 Å². The third-order valence-corrected chi connectivity index (χ3v) is 7.30. The number of halogens is 1. The molecule has 0 radical (unpaired) electrons. The van der Waals surface area contributed by atoms with Crippen LogP contribution in [-0.4, -0.2) is 32.6 Å². The minimum absolute atomic E-state index is 0.0226. The molecular formula is C25H24ClO6P. The van der Waals surface area contributed by atoms with E-state index in [1.807, 2.05) is 6.07 Å². The first-order chi connectivity index (χ1) is 15.8. The number of benzene rings is 3. The van der Waals surface area contributed by atoms with Crippen molar-refractivity contribution in [2.75, 3.05) is 21.3 Å². The normalized spacial score (nSPS) is 11.6. The second-order valence-electron chi connectivity index (χ2n) is 7.24. The first-order valence-electron chi connectivity index (χ1n) is 10.0. The van der Waals surface area contributed by atoms with Crippen LogP contribution >= 0.6 is 19.4 Å². The second kappa shape index (κ2) is 10.2. The maximum atomic E-state index is 13.7. The summed E-state index contributed by atoms with van der Waals surface area (Å²) in [5.41, 5.74) is 1.13. The Morgan fingerprint density at radius 2 is 1.36 bits per heavy atom. The highest BCUT2D eigenvalue weighted by Crippen LogP contribution is 2.43. The van der Waals surface area contributed by atoms with Gasteiger partial charge in [-0.15, -0.1) is 0 Å². The van der Waals surface area contributed by atoms with Crippen LogP contribution < -0.4 is 19.5 Å². The Balaban J connectivity index is 2.24. The lowest BCUT2D eigenvalue weighted by molar-refractivity contribution is 0.103. The van der Waals surface area contributed by atoms with Gasteiger partial charge in [0.05, 0.1) is 31.9 Å². The standard InChI is InChI=1S/C25H24ClO6P/c1-14-19(21(27)16-10-7-6-8-11-16)15(2)23(32-5)24(22(14)31-4)33(29)25(28)20-17(26)12-9-13-18(20)30-3/h6-13,33H,1-5H3. The molecule has 8 heteroatoms. The van der Waals surface area contributed by atoms with Crippen LogP contribution in [0.5, 0.6) is 17.2 Å². The molecule has 0 saturated heterocycles. The molecule has 33 heavy (non-hydrogen) atoms. The van der Waals surface area contributed by atoms with Gasteiger partial charge in [-0.1, -0.05) is 48.0 Å². The average molecular weight is 487 g/mol. The van der Waals surface area contributed by atoms with Crippen LogP contribution in [0, 0.1) is 13.8 Å². The maximum Gasteiger partial charge on any atom is 0.228 e. The summed E-state index contributed by atoms with van der Waals surface area (Å²) in [6.07, 6.45) is 0. The van der Waals surface area contributed by atoms with Crippen LogP contribution in [-0.2, 0) is 4.57 Å². The van der Waals surface area contributed by atoms with Crippen molar-refractivity contribution in [2.24, 2.45) is 0 Å². The van der Waals surface area contributed by atoms with Crippen LogP contribution in [0.25, 0.3) is 0 Å². The first kappa shape index (κ1) is 24.6. The van der Waals surface area contributed by atoms with Gasteiger partial charge in [0.2, 0.25) is 5.52 Å². The fraction of sp³-hybridized carbons (Fsp3) is 0.200. The Bertz CT molecular complexity index is 1220. The molecule has 0 N–H and O–H groups in total. The second-order valence-corrected chi connectivity index (χ2v) is 9.26. The van der Waals surface area contributed by atoms with E-state index in [-0.39, 0.29) is 38.9 Å². The van der Waals surface area contributed by atoms with Crippen molar-refractivity contribution < 1.29 is 28.4 Å². The Morgan fingerprint density at radius 3 is 1.88 bits per heavy atom. The summed E-state index contributed by atoms with van der Waals surface area (Å²) in [5, 5.41) is 0.233. The van der Waals surface area contributed by atoms with Gasteiger partial charge in [0.15, 0.2) is 13.6 Å². The summed E-state index contributed by atoms with van der Waals surface area (Å²) in [6.45, 7) is 3.39. The zero-order chi connectivity index (χ0) is 24.3. The molecule has 0 heterocycles. The van der Waals surface area contributed by atoms with Gasteiger partial charge in [-0.25, -0.2) is 0 Å². The molecule has 0 aromatic heterocycles. The number of hydrogen-bond acceptors (Lipinski definition) is 6. The lowest BCUT2D eigenvalue weighted by Gasteiger charge is -2.21. The summed E-state index contributed by atoms with van der Waals surface area (Å²) in [4.78, 5) is 26.6. The fourth-order valence-corrected chi connectivity index (χ4v) is 5.93. The third kappa shape index (κ3) is 4.41. The van der Waals surface area contributed by atoms with Gasteiger partial charge >= 0.3 is 0 Å². The quantitative estimate of drug-likeness (QED) is 0.320. The van der Waals surface area contributed by atoms with Crippen molar-refractivity contribution in [3.8, 4) is 17.2 Å². The van der Waals surface area contributed by atoms with Gasteiger partial charge in [0.25, 0.3) is 0 Å². The van der Waals surface area contributed by atoms with Crippen LogP contribution in [0.4, 0.5) is 0 Å². The van der Waals surface area contributed by atoms with Crippen molar-refractivity contribution in [1.29, 1.82) is 0 Å². The van der Waals surface area contributed by atoms with E-state index in [0.29, 0.717) is 22.3 Å². The van der Waals surface area contributed by atoms with Gasteiger partial charge in [0, 0.05) is 22.3 Å². The van der Waals surface area contributed by atoms with E-state index in [1.54, 1.807) is 50.2 Å². The van der Waals surface area contributed by atoms with Gasteiger partial charge in [-0.2, -0.15) is 0 Å². The molecule has 0 bridgehead atoms. The minimum Gasteiger partial charge on any atom is -0.496 e. The van der Waals surface area contributed by atoms with E-state index in [0.717, 1.165) is 0 Å². The molecule has 0 saturated carbocycles. The lowest BCUT2D eigenvalue weighted by Crippen LogP contribution is -2.18. The summed E-state index contributed by atoms with van der Waals surface area (Å²) >= 11 is 6.25. The van der Waals surface area contributed by atoms with Crippen LogP contribution in [0.1, 0.15) is 37.4 Å². The zero-order valence-electron chi connectivity index (χ0n) is 18.9. The van der Waals surface area contributed by atoms with E-state index in [4.69, 9.17) is 25.8 Å². The topological polar surface area (TPSA) is 78.9 Å². The van der Waals surface area contributed by atoms with Crippen LogP contribution in [0.15, 0.2) is 48.5 Å². The van der Waals surface area contributed by atoms with Gasteiger partial charge < -0.3 is 18.8 Å². The molecule has 0 aliphatic carbocycles. The average Bonchev–Trinajstić information content (AvgIpc) is 2.83. The van der Waals surface area contributed by atoms with Crippen molar-refractivity contribution in [1.82, 2.24) is 0 Å². The molecule has 0 aliphatic rings. The zero-order valence-corrected chi connectivity index (χ0v) is 20.7. The minimum atomic E-state index is -3.20. The molecule has 1 atom stereocenters. The molecular weight excluding hydrogens is 463 g/mol. The summed E-state index contributed by atoms with van der Waals surface area (Å²) in [6, 6.07) is 13.5. The maximum absolute atomic E-state index is 13.7. The highest BCUT2D eigenvalue weighted by molar-refractivity contribution is 7.72. The highest BCUT2D eigenvalue weighted by atomic mass is 35.5. The monoisotopic (exact) mass is 486 g/mol.